The number of hydrogen-bond acceptors (Lipinski definition) is 3. The molecule has 0 unspecified atom stereocenters. The van der Waals surface area contributed by atoms with E-state index in [4.69, 9.17) is 22.0 Å². The molecule has 2 atom stereocenters. The Morgan fingerprint density at radius 1 is 1.48 bits per heavy atom. The zero-order valence-electron chi connectivity index (χ0n) is 11.7. The average molecular weight is 310 g/mol. The standard InChI is InChI=1S/C14H16ClN3O3/c1-3-8(2)12(13(19)20)18-14(21)17-10-5-4-9(7-16)11(15)6-10/h4-6,8,12H,3H2,1-2H3,(H,19,20)(H2,17,18,21)/t8-,12-/m0/s1. The van der Waals surface area contributed by atoms with Crippen molar-refractivity contribution in [2.45, 2.75) is 26.3 Å². The highest BCUT2D eigenvalue weighted by Gasteiger charge is 2.25. The molecule has 7 heteroatoms. The van der Waals surface area contributed by atoms with Crippen molar-refractivity contribution in [2.24, 2.45) is 5.92 Å². The molecule has 0 saturated heterocycles. The molecule has 3 N–H and O–H groups in total. The summed E-state index contributed by atoms with van der Waals surface area (Å²) in [5.41, 5.74) is 0.676. The van der Waals surface area contributed by atoms with Gasteiger partial charge in [-0.25, -0.2) is 9.59 Å². The Kier molecular flexibility index (Phi) is 6.00. The van der Waals surface area contributed by atoms with Crippen LogP contribution in [0.2, 0.25) is 5.02 Å². The molecule has 6 nitrogen and oxygen atoms in total. The van der Waals surface area contributed by atoms with E-state index in [1.807, 2.05) is 13.0 Å². The van der Waals surface area contributed by atoms with Gasteiger partial charge in [-0.05, 0) is 24.1 Å². The zero-order valence-corrected chi connectivity index (χ0v) is 12.4. The Hall–Kier alpha value is -2.26. The number of halogens is 1. The summed E-state index contributed by atoms with van der Waals surface area (Å²) in [6.07, 6.45) is 0.625. The molecule has 0 aliphatic carbocycles. The highest BCUT2D eigenvalue weighted by molar-refractivity contribution is 6.32. The van der Waals surface area contributed by atoms with Gasteiger partial charge in [-0.2, -0.15) is 5.26 Å². The molecular weight excluding hydrogens is 294 g/mol. The molecule has 0 radical (unpaired) electrons. The molecule has 0 spiro atoms. The van der Waals surface area contributed by atoms with Gasteiger partial charge in [0.2, 0.25) is 0 Å². The monoisotopic (exact) mass is 309 g/mol. The van der Waals surface area contributed by atoms with E-state index in [0.29, 0.717) is 17.7 Å². The molecule has 1 aromatic rings. The fourth-order valence-corrected chi connectivity index (χ4v) is 1.90. The number of hydrogen-bond donors (Lipinski definition) is 3. The molecule has 0 fully saturated rings. The first-order chi connectivity index (χ1) is 9.88. The first kappa shape index (κ1) is 16.8. The number of carboxylic acids is 1. The number of benzene rings is 1. The van der Waals surface area contributed by atoms with E-state index in [1.54, 1.807) is 6.92 Å². The summed E-state index contributed by atoms with van der Waals surface area (Å²) in [5, 5.41) is 23.0. The van der Waals surface area contributed by atoms with Crippen molar-refractivity contribution in [3.63, 3.8) is 0 Å². The van der Waals surface area contributed by atoms with Gasteiger partial charge >= 0.3 is 12.0 Å². The first-order valence-corrected chi connectivity index (χ1v) is 6.76. The van der Waals surface area contributed by atoms with E-state index < -0.39 is 18.0 Å². The van der Waals surface area contributed by atoms with Crippen molar-refractivity contribution in [1.29, 1.82) is 5.26 Å². The van der Waals surface area contributed by atoms with Gasteiger partial charge in [0.15, 0.2) is 0 Å². The van der Waals surface area contributed by atoms with Crippen LogP contribution in [0, 0.1) is 17.2 Å². The third kappa shape index (κ3) is 4.65. The smallest absolute Gasteiger partial charge is 0.326 e. The molecule has 1 rings (SSSR count). The molecule has 0 heterocycles. The minimum Gasteiger partial charge on any atom is -0.480 e. The van der Waals surface area contributed by atoms with Crippen LogP contribution in [0.15, 0.2) is 18.2 Å². The van der Waals surface area contributed by atoms with Crippen LogP contribution >= 0.6 is 11.6 Å². The van der Waals surface area contributed by atoms with Crippen molar-refractivity contribution < 1.29 is 14.7 Å². The van der Waals surface area contributed by atoms with Gasteiger partial charge in [0.1, 0.15) is 12.1 Å². The Morgan fingerprint density at radius 2 is 2.14 bits per heavy atom. The molecule has 0 saturated carbocycles. The van der Waals surface area contributed by atoms with Gasteiger partial charge in [0.05, 0.1) is 10.6 Å². The van der Waals surface area contributed by atoms with Crippen LogP contribution in [0.4, 0.5) is 10.5 Å². The molecule has 0 aliphatic heterocycles. The lowest BCUT2D eigenvalue weighted by Gasteiger charge is -2.20. The van der Waals surface area contributed by atoms with Crippen LogP contribution in [-0.2, 0) is 4.79 Å². The Balaban J connectivity index is 2.75. The van der Waals surface area contributed by atoms with Crippen molar-refractivity contribution in [1.82, 2.24) is 5.32 Å². The van der Waals surface area contributed by atoms with Gasteiger partial charge in [0, 0.05) is 5.69 Å². The summed E-state index contributed by atoms with van der Waals surface area (Å²) in [7, 11) is 0. The molecule has 0 bridgehead atoms. The quantitative estimate of drug-likeness (QED) is 0.778. The number of nitriles is 1. The van der Waals surface area contributed by atoms with E-state index in [2.05, 4.69) is 10.6 Å². The normalized spacial score (nSPS) is 12.9. The summed E-state index contributed by atoms with van der Waals surface area (Å²) in [6.45, 7) is 3.60. The van der Waals surface area contributed by atoms with Crippen LogP contribution in [0.1, 0.15) is 25.8 Å². The summed E-state index contributed by atoms with van der Waals surface area (Å²) in [5.74, 6) is -1.28. The topological polar surface area (TPSA) is 102 Å². The number of carboxylic acid groups (broad SMARTS) is 1. The number of anilines is 1. The van der Waals surface area contributed by atoms with Crippen LogP contribution in [0.3, 0.4) is 0 Å². The summed E-state index contributed by atoms with van der Waals surface area (Å²) in [6, 6.07) is 4.72. The molecule has 21 heavy (non-hydrogen) atoms. The van der Waals surface area contributed by atoms with E-state index in [1.165, 1.54) is 18.2 Å². The molecule has 0 aromatic heterocycles. The maximum absolute atomic E-state index is 11.8. The minimum atomic E-state index is -1.09. The predicted octanol–water partition coefficient (Wildman–Crippen LogP) is 2.83. The molecule has 112 valence electrons. The van der Waals surface area contributed by atoms with E-state index in [-0.39, 0.29) is 10.9 Å². The van der Waals surface area contributed by atoms with E-state index in [0.717, 1.165) is 0 Å². The predicted molar refractivity (Wildman–Crippen MR) is 79.2 cm³/mol. The Morgan fingerprint density at radius 3 is 2.62 bits per heavy atom. The van der Waals surface area contributed by atoms with Crippen molar-refractivity contribution in [3.8, 4) is 6.07 Å². The SMILES string of the molecule is CC[C@H](C)[C@H](NC(=O)Nc1ccc(C#N)c(Cl)c1)C(=O)O. The Labute approximate surface area is 127 Å². The number of nitrogens with zero attached hydrogens (tertiary/aromatic N) is 1. The summed E-state index contributed by atoms with van der Waals surface area (Å²) in [4.78, 5) is 22.9. The van der Waals surface area contributed by atoms with Crippen LogP contribution in [-0.4, -0.2) is 23.1 Å². The van der Waals surface area contributed by atoms with Crippen LogP contribution in [0.25, 0.3) is 0 Å². The van der Waals surface area contributed by atoms with Gasteiger partial charge in [-0.3, -0.25) is 0 Å². The second-order valence-corrected chi connectivity index (χ2v) is 5.01. The van der Waals surface area contributed by atoms with E-state index >= 15 is 0 Å². The lowest BCUT2D eigenvalue weighted by molar-refractivity contribution is -0.140. The number of rotatable bonds is 5. The molecule has 2 amide bonds. The number of carbonyl (C=O) groups is 2. The van der Waals surface area contributed by atoms with E-state index in [9.17, 15) is 9.59 Å². The molecule has 0 aliphatic rings. The van der Waals surface area contributed by atoms with Crippen molar-refractivity contribution >= 4 is 29.3 Å². The lowest BCUT2D eigenvalue weighted by atomic mass is 9.99. The highest BCUT2D eigenvalue weighted by Crippen LogP contribution is 2.20. The number of nitrogens with one attached hydrogen (secondary N) is 2. The number of amides is 2. The summed E-state index contributed by atoms with van der Waals surface area (Å²) < 4.78 is 0. The fraction of sp³-hybridized carbons (Fsp3) is 0.357. The number of carbonyl (C=O) groups excluding carboxylic acids is 1. The van der Waals surface area contributed by atoms with Crippen LogP contribution in [0.5, 0.6) is 0 Å². The second-order valence-electron chi connectivity index (χ2n) is 4.61. The zero-order chi connectivity index (χ0) is 16.0. The van der Waals surface area contributed by atoms with Crippen molar-refractivity contribution in [3.05, 3.63) is 28.8 Å². The lowest BCUT2D eigenvalue weighted by Crippen LogP contribution is -2.46. The average Bonchev–Trinajstić information content (AvgIpc) is 2.44. The number of aliphatic carboxylic acids is 1. The van der Waals surface area contributed by atoms with Crippen LogP contribution < -0.4 is 10.6 Å². The number of urea groups is 1. The maximum Gasteiger partial charge on any atom is 0.326 e. The highest BCUT2D eigenvalue weighted by atomic mass is 35.5. The van der Waals surface area contributed by atoms with Crippen molar-refractivity contribution in [2.75, 3.05) is 5.32 Å². The third-order valence-corrected chi connectivity index (χ3v) is 3.43. The molecule has 1 aromatic carbocycles. The molecular formula is C14H16ClN3O3. The van der Waals surface area contributed by atoms with Gasteiger partial charge in [-0.15, -0.1) is 0 Å². The Bertz CT molecular complexity index is 583. The minimum absolute atomic E-state index is 0.196. The van der Waals surface area contributed by atoms with Gasteiger partial charge < -0.3 is 15.7 Å². The second kappa shape index (κ2) is 7.50. The first-order valence-electron chi connectivity index (χ1n) is 6.39. The van der Waals surface area contributed by atoms with Gasteiger partial charge in [-0.1, -0.05) is 31.9 Å². The fourth-order valence-electron chi connectivity index (χ4n) is 1.68. The largest absolute Gasteiger partial charge is 0.480 e. The maximum atomic E-state index is 11.8. The summed E-state index contributed by atoms with van der Waals surface area (Å²) >= 11 is 5.85. The van der Waals surface area contributed by atoms with Gasteiger partial charge in [0.25, 0.3) is 0 Å². The third-order valence-electron chi connectivity index (χ3n) is 3.11.